The minimum atomic E-state index is -0.182. The number of likely N-dealkylation sites (tertiary alicyclic amines) is 1. The van der Waals surface area contributed by atoms with Gasteiger partial charge in [-0.3, -0.25) is 9.58 Å². The number of nitrogens with one attached hydrogen (secondary N) is 2. The number of carbonyl (C=O) groups excluding carboxylic acids is 1. The van der Waals surface area contributed by atoms with Crippen LogP contribution < -0.4 is 10.6 Å². The molecule has 0 unspecified atom stereocenters. The summed E-state index contributed by atoms with van der Waals surface area (Å²) in [5.74, 6) is 0. The molecule has 0 bridgehead atoms. The SMILES string of the molecule is CCn1cc(NC(=O)N[C@@H]2COC[C@H]2N2CCCC2)c(C)n1. The zero-order chi connectivity index (χ0) is 15.5. The van der Waals surface area contributed by atoms with Crippen molar-refractivity contribution in [1.29, 1.82) is 0 Å². The van der Waals surface area contributed by atoms with Crippen LogP contribution in [0.3, 0.4) is 0 Å². The topological polar surface area (TPSA) is 71.4 Å². The molecule has 2 aliphatic rings. The molecule has 122 valence electrons. The molecule has 2 saturated heterocycles. The molecule has 0 radical (unpaired) electrons. The van der Waals surface area contributed by atoms with Gasteiger partial charge in [-0.1, -0.05) is 0 Å². The van der Waals surface area contributed by atoms with E-state index in [1.807, 2.05) is 24.7 Å². The number of aromatic nitrogens is 2. The van der Waals surface area contributed by atoms with Crippen molar-refractivity contribution in [2.45, 2.75) is 45.3 Å². The van der Waals surface area contributed by atoms with Crippen LogP contribution in [0.1, 0.15) is 25.5 Å². The number of carbonyl (C=O) groups is 1. The smallest absolute Gasteiger partial charge is 0.319 e. The fourth-order valence-electron chi connectivity index (χ4n) is 3.24. The van der Waals surface area contributed by atoms with E-state index in [0.717, 1.165) is 31.0 Å². The molecule has 2 atom stereocenters. The molecule has 0 spiro atoms. The van der Waals surface area contributed by atoms with E-state index in [0.29, 0.717) is 19.3 Å². The zero-order valence-corrected chi connectivity index (χ0v) is 13.3. The van der Waals surface area contributed by atoms with Gasteiger partial charge in [0.05, 0.1) is 36.7 Å². The van der Waals surface area contributed by atoms with Gasteiger partial charge in [-0.2, -0.15) is 5.10 Å². The number of ether oxygens (including phenoxy) is 1. The first kappa shape index (κ1) is 15.3. The largest absolute Gasteiger partial charge is 0.378 e. The predicted octanol–water partition coefficient (Wildman–Crippen LogP) is 1.20. The van der Waals surface area contributed by atoms with Gasteiger partial charge in [-0.25, -0.2) is 4.79 Å². The van der Waals surface area contributed by atoms with E-state index in [9.17, 15) is 4.79 Å². The molecule has 1 aromatic rings. The van der Waals surface area contributed by atoms with Gasteiger partial charge in [0.25, 0.3) is 0 Å². The van der Waals surface area contributed by atoms with E-state index < -0.39 is 0 Å². The van der Waals surface area contributed by atoms with Crippen LogP contribution >= 0.6 is 0 Å². The van der Waals surface area contributed by atoms with E-state index in [1.165, 1.54) is 12.8 Å². The van der Waals surface area contributed by atoms with E-state index in [1.54, 1.807) is 0 Å². The maximum Gasteiger partial charge on any atom is 0.319 e. The molecule has 0 aliphatic carbocycles. The van der Waals surface area contributed by atoms with Crippen LogP contribution in [0.15, 0.2) is 6.20 Å². The monoisotopic (exact) mass is 307 g/mol. The Morgan fingerprint density at radius 3 is 2.86 bits per heavy atom. The van der Waals surface area contributed by atoms with Gasteiger partial charge in [-0.05, 0) is 39.8 Å². The van der Waals surface area contributed by atoms with Crippen LogP contribution in [0, 0.1) is 6.92 Å². The molecule has 2 aliphatic heterocycles. The van der Waals surface area contributed by atoms with Crippen LogP contribution in [0.2, 0.25) is 0 Å². The molecule has 2 amide bonds. The number of hydrogen-bond donors (Lipinski definition) is 2. The molecule has 22 heavy (non-hydrogen) atoms. The second-order valence-corrected chi connectivity index (χ2v) is 6.04. The minimum absolute atomic E-state index is 0.0552. The van der Waals surface area contributed by atoms with Gasteiger partial charge in [0.2, 0.25) is 0 Å². The average Bonchev–Trinajstić information content (AvgIpc) is 3.20. The standard InChI is InChI=1S/C15H25N5O2/c1-3-20-8-12(11(2)18-20)16-15(21)17-13-9-22-10-14(13)19-6-4-5-7-19/h8,13-14H,3-7,9-10H2,1-2H3,(H2,16,17,21)/t13-,14-/m1/s1. The Labute approximate surface area is 131 Å². The first-order valence-electron chi connectivity index (χ1n) is 8.10. The van der Waals surface area contributed by atoms with Crippen molar-refractivity contribution in [3.05, 3.63) is 11.9 Å². The predicted molar refractivity (Wildman–Crippen MR) is 84.0 cm³/mol. The Balaban J connectivity index is 1.57. The molecule has 0 aromatic carbocycles. The maximum atomic E-state index is 12.2. The summed E-state index contributed by atoms with van der Waals surface area (Å²) in [4.78, 5) is 14.7. The molecular weight excluding hydrogens is 282 g/mol. The fourth-order valence-corrected chi connectivity index (χ4v) is 3.24. The van der Waals surface area contributed by atoms with Gasteiger partial charge in [0, 0.05) is 12.7 Å². The summed E-state index contributed by atoms with van der Waals surface area (Å²) in [6.45, 7) is 8.21. The van der Waals surface area contributed by atoms with Crippen molar-refractivity contribution in [2.75, 3.05) is 31.6 Å². The summed E-state index contributed by atoms with van der Waals surface area (Å²) in [6, 6.07) is 0.172. The summed E-state index contributed by atoms with van der Waals surface area (Å²) < 4.78 is 7.39. The summed E-state index contributed by atoms with van der Waals surface area (Å²) in [6.07, 6.45) is 4.34. The first-order valence-corrected chi connectivity index (χ1v) is 8.10. The molecule has 7 nitrogen and oxygen atoms in total. The van der Waals surface area contributed by atoms with Crippen molar-refractivity contribution >= 4 is 11.7 Å². The fraction of sp³-hybridized carbons (Fsp3) is 0.733. The molecule has 0 saturated carbocycles. The van der Waals surface area contributed by atoms with E-state index >= 15 is 0 Å². The quantitative estimate of drug-likeness (QED) is 0.877. The number of hydrogen-bond acceptors (Lipinski definition) is 4. The van der Waals surface area contributed by atoms with Gasteiger partial charge in [0.1, 0.15) is 0 Å². The summed E-state index contributed by atoms with van der Waals surface area (Å²) in [5, 5.41) is 10.3. The number of amides is 2. The van der Waals surface area contributed by atoms with Gasteiger partial charge in [-0.15, -0.1) is 0 Å². The van der Waals surface area contributed by atoms with E-state index in [-0.39, 0.29) is 12.1 Å². The number of urea groups is 1. The normalized spacial score (nSPS) is 25.5. The Bertz CT molecular complexity index is 524. The van der Waals surface area contributed by atoms with Crippen molar-refractivity contribution in [2.24, 2.45) is 0 Å². The van der Waals surface area contributed by atoms with Crippen LogP contribution in [-0.4, -0.2) is 59.1 Å². The molecule has 3 heterocycles. The van der Waals surface area contributed by atoms with Crippen LogP contribution in [0.5, 0.6) is 0 Å². The second kappa shape index (κ2) is 6.66. The molecular formula is C15H25N5O2. The third-order valence-electron chi connectivity index (χ3n) is 4.50. The van der Waals surface area contributed by atoms with Crippen molar-refractivity contribution < 1.29 is 9.53 Å². The highest BCUT2D eigenvalue weighted by atomic mass is 16.5. The minimum Gasteiger partial charge on any atom is -0.378 e. The lowest BCUT2D eigenvalue weighted by atomic mass is 10.1. The van der Waals surface area contributed by atoms with Crippen LogP contribution in [0.4, 0.5) is 10.5 Å². The molecule has 2 N–H and O–H groups in total. The van der Waals surface area contributed by atoms with Crippen molar-refractivity contribution in [3.63, 3.8) is 0 Å². The van der Waals surface area contributed by atoms with Crippen LogP contribution in [0.25, 0.3) is 0 Å². The number of rotatable bonds is 4. The number of nitrogens with zero attached hydrogens (tertiary/aromatic N) is 3. The molecule has 7 heteroatoms. The lowest BCUT2D eigenvalue weighted by Gasteiger charge is -2.27. The first-order chi connectivity index (χ1) is 10.7. The summed E-state index contributed by atoms with van der Waals surface area (Å²) >= 11 is 0. The Hall–Kier alpha value is -1.60. The molecule has 3 rings (SSSR count). The highest BCUT2D eigenvalue weighted by molar-refractivity contribution is 5.89. The van der Waals surface area contributed by atoms with Gasteiger partial charge >= 0.3 is 6.03 Å². The van der Waals surface area contributed by atoms with Gasteiger partial charge < -0.3 is 15.4 Å². The van der Waals surface area contributed by atoms with Crippen molar-refractivity contribution in [1.82, 2.24) is 20.0 Å². The van der Waals surface area contributed by atoms with Gasteiger partial charge in [0.15, 0.2) is 0 Å². The lowest BCUT2D eigenvalue weighted by Crippen LogP contribution is -2.51. The number of anilines is 1. The Morgan fingerprint density at radius 2 is 2.18 bits per heavy atom. The Morgan fingerprint density at radius 1 is 1.41 bits per heavy atom. The maximum absolute atomic E-state index is 12.2. The highest BCUT2D eigenvalue weighted by Crippen LogP contribution is 2.19. The van der Waals surface area contributed by atoms with Crippen LogP contribution in [-0.2, 0) is 11.3 Å². The number of aryl methyl sites for hydroxylation is 2. The third kappa shape index (κ3) is 3.25. The van der Waals surface area contributed by atoms with E-state index in [4.69, 9.17) is 4.74 Å². The Kier molecular flexibility index (Phi) is 4.63. The van der Waals surface area contributed by atoms with Crippen molar-refractivity contribution in [3.8, 4) is 0 Å². The zero-order valence-electron chi connectivity index (χ0n) is 13.3. The third-order valence-corrected chi connectivity index (χ3v) is 4.50. The average molecular weight is 307 g/mol. The molecule has 1 aromatic heterocycles. The summed E-state index contributed by atoms with van der Waals surface area (Å²) in [5.41, 5.74) is 1.59. The summed E-state index contributed by atoms with van der Waals surface area (Å²) in [7, 11) is 0. The second-order valence-electron chi connectivity index (χ2n) is 6.04. The lowest BCUT2D eigenvalue weighted by molar-refractivity contribution is 0.159. The van der Waals surface area contributed by atoms with E-state index in [2.05, 4.69) is 20.6 Å². The highest BCUT2D eigenvalue weighted by Gasteiger charge is 2.35. The molecule has 2 fully saturated rings.